The molecule has 0 bridgehead atoms. The molecule has 2 aromatic rings. The van der Waals surface area contributed by atoms with Gasteiger partial charge in [0.25, 0.3) is 0 Å². The average Bonchev–Trinajstić information content (AvgIpc) is 2.51. The van der Waals surface area contributed by atoms with E-state index in [-0.39, 0.29) is 11.3 Å². The van der Waals surface area contributed by atoms with Crippen molar-refractivity contribution in [2.24, 2.45) is 0 Å². The van der Waals surface area contributed by atoms with Gasteiger partial charge in [0.2, 0.25) is 0 Å². The minimum Gasteiger partial charge on any atom is -0.484 e. The maximum Gasteiger partial charge on any atom is 0.416 e. The molecule has 0 aliphatic carbocycles. The highest BCUT2D eigenvalue weighted by Gasteiger charge is 2.42. The zero-order valence-corrected chi connectivity index (χ0v) is 13.0. The Hall–Kier alpha value is -2.34. The fourth-order valence-electron chi connectivity index (χ4n) is 2.67. The summed E-state index contributed by atoms with van der Waals surface area (Å²) in [6, 6.07) is 9.47. The second-order valence-corrected chi connectivity index (χ2v) is 6.26. The Bertz CT molecular complexity index is 809. The van der Waals surface area contributed by atoms with Gasteiger partial charge in [0.05, 0.1) is 11.1 Å². The van der Waals surface area contributed by atoms with E-state index in [0.717, 1.165) is 12.1 Å². The smallest absolute Gasteiger partial charge is 0.416 e. The van der Waals surface area contributed by atoms with Crippen molar-refractivity contribution in [1.29, 1.82) is 0 Å². The van der Waals surface area contributed by atoms with Gasteiger partial charge in [-0.2, -0.15) is 13.2 Å². The molecule has 1 aliphatic heterocycles. The molecule has 3 rings (SSSR count). The second-order valence-electron chi connectivity index (χ2n) is 6.26. The lowest BCUT2D eigenvalue weighted by molar-refractivity contribution is -0.137. The van der Waals surface area contributed by atoms with Gasteiger partial charge >= 0.3 is 6.18 Å². The van der Waals surface area contributed by atoms with Crippen molar-refractivity contribution in [2.75, 3.05) is 0 Å². The van der Waals surface area contributed by atoms with Crippen molar-refractivity contribution in [3.8, 4) is 16.9 Å². The highest BCUT2D eigenvalue weighted by atomic mass is 19.4. The summed E-state index contributed by atoms with van der Waals surface area (Å²) in [7, 11) is 0. The highest BCUT2D eigenvalue weighted by Crippen LogP contribution is 2.37. The lowest BCUT2D eigenvalue weighted by Gasteiger charge is -2.36. The largest absolute Gasteiger partial charge is 0.484 e. The van der Waals surface area contributed by atoms with Crippen molar-refractivity contribution in [1.82, 2.24) is 0 Å². The molecule has 1 N–H and O–H groups in total. The van der Waals surface area contributed by atoms with Gasteiger partial charge in [0.15, 0.2) is 11.9 Å². The number of carbonyl (C=O) groups excluding carboxylic acids is 1. The number of ketones is 1. The van der Waals surface area contributed by atoms with Crippen LogP contribution in [0, 0.1) is 0 Å². The third-order valence-electron chi connectivity index (χ3n) is 4.05. The molecule has 0 fully saturated rings. The van der Waals surface area contributed by atoms with E-state index in [1.54, 1.807) is 26.0 Å². The Labute approximate surface area is 136 Å². The van der Waals surface area contributed by atoms with Gasteiger partial charge < -0.3 is 9.84 Å². The van der Waals surface area contributed by atoms with Crippen LogP contribution in [0.1, 0.15) is 29.8 Å². The summed E-state index contributed by atoms with van der Waals surface area (Å²) in [5.74, 6) is -0.206. The predicted molar refractivity (Wildman–Crippen MR) is 81.9 cm³/mol. The van der Waals surface area contributed by atoms with Crippen LogP contribution in [0.2, 0.25) is 0 Å². The SMILES string of the molecule is CC1(C)Oc2cc(-c3cccc(C(F)(F)F)c3)ccc2C(=O)C1O. The number of alkyl halides is 3. The van der Waals surface area contributed by atoms with Crippen molar-refractivity contribution in [3.63, 3.8) is 0 Å². The fourth-order valence-corrected chi connectivity index (χ4v) is 2.67. The summed E-state index contributed by atoms with van der Waals surface area (Å²) in [4.78, 5) is 12.2. The number of carbonyl (C=O) groups is 1. The molecule has 3 nitrogen and oxygen atoms in total. The molecular weight excluding hydrogens is 321 g/mol. The van der Waals surface area contributed by atoms with E-state index in [4.69, 9.17) is 4.74 Å². The molecule has 0 amide bonds. The molecule has 126 valence electrons. The summed E-state index contributed by atoms with van der Waals surface area (Å²) < 4.78 is 44.2. The van der Waals surface area contributed by atoms with Crippen molar-refractivity contribution < 1.29 is 27.8 Å². The average molecular weight is 336 g/mol. The molecule has 0 aromatic heterocycles. The summed E-state index contributed by atoms with van der Waals surface area (Å²) in [6.45, 7) is 3.16. The highest BCUT2D eigenvalue weighted by molar-refractivity contribution is 6.04. The Morgan fingerprint density at radius 2 is 1.75 bits per heavy atom. The lowest BCUT2D eigenvalue weighted by atomic mass is 9.89. The van der Waals surface area contributed by atoms with Gasteiger partial charge in [-0.05, 0) is 49.2 Å². The van der Waals surface area contributed by atoms with Crippen molar-refractivity contribution in [3.05, 3.63) is 53.6 Å². The van der Waals surface area contributed by atoms with Crippen LogP contribution in [0.15, 0.2) is 42.5 Å². The molecule has 1 unspecified atom stereocenters. The lowest BCUT2D eigenvalue weighted by Crippen LogP contribution is -2.50. The Morgan fingerprint density at radius 3 is 2.42 bits per heavy atom. The van der Waals surface area contributed by atoms with Crippen LogP contribution in [0.4, 0.5) is 13.2 Å². The van der Waals surface area contributed by atoms with E-state index < -0.39 is 29.2 Å². The van der Waals surface area contributed by atoms with Crippen LogP contribution in [0.5, 0.6) is 5.75 Å². The molecule has 1 heterocycles. The number of Topliss-reactive ketones (excluding diaryl/α,β-unsaturated/α-hetero) is 1. The molecule has 1 aliphatic rings. The maximum absolute atomic E-state index is 12.9. The summed E-state index contributed by atoms with van der Waals surface area (Å²) in [6.07, 6.45) is -5.72. The number of benzene rings is 2. The summed E-state index contributed by atoms with van der Waals surface area (Å²) in [5.41, 5.74) is -0.758. The third kappa shape index (κ3) is 2.78. The number of ether oxygens (including phenoxy) is 1. The van der Waals surface area contributed by atoms with Gasteiger partial charge in [-0.15, -0.1) is 0 Å². The number of rotatable bonds is 1. The van der Waals surface area contributed by atoms with E-state index >= 15 is 0 Å². The zero-order chi connectivity index (χ0) is 17.7. The molecule has 6 heteroatoms. The van der Waals surface area contributed by atoms with Gasteiger partial charge in [-0.1, -0.05) is 18.2 Å². The summed E-state index contributed by atoms with van der Waals surface area (Å²) >= 11 is 0. The normalized spacial score (nSPS) is 19.6. The molecule has 1 atom stereocenters. The van der Waals surface area contributed by atoms with Gasteiger partial charge in [-0.25, -0.2) is 0 Å². The maximum atomic E-state index is 12.9. The number of fused-ring (bicyclic) bond motifs is 1. The van der Waals surface area contributed by atoms with E-state index in [9.17, 15) is 23.1 Å². The molecular formula is C18H15F3O3. The van der Waals surface area contributed by atoms with E-state index in [0.29, 0.717) is 11.1 Å². The number of hydrogen-bond acceptors (Lipinski definition) is 3. The summed E-state index contributed by atoms with van der Waals surface area (Å²) in [5, 5.41) is 9.96. The number of aliphatic hydroxyl groups is 1. The topological polar surface area (TPSA) is 46.5 Å². The van der Waals surface area contributed by atoms with Crippen molar-refractivity contribution >= 4 is 5.78 Å². The molecule has 0 saturated heterocycles. The Balaban J connectivity index is 2.06. The van der Waals surface area contributed by atoms with Crippen LogP contribution >= 0.6 is 0 Å². The predicted octanol–water partition coefficient (Wildman–Crippen LogP) is 4.09. The minimum atomic E-state index is -4.43. The van der Waals surface area contributed by atoms with Crippen LogP contribution in [0.3, 0.4) is 0 Å². The first-order chi connectivity index (χ1) is 11.1. The molecule has 2 aromatic carbocycles. The van der Waals surface area contributed by atoms with Gasteiger partial charge in [0.1, 0.15) is 11.4 Å². The quantitative estimate of drug-likeness (QED) is 0.853. The Morgan fingerprint density at radius 1 is 1.08 bits per heavy atom. The number of halogens is 3. The molecule has 0 saturated carbocycles. The monoisotopic (exact) mass is 336 g/mol. The van der Waals surface area contributed by atoms with Crippen LogP contribution < -0.4 is 4.74 Å². The second kappa shape index (κ2) is 5.34. The minimum absolute atomic E-state index is 0.220. The molecule has 24 heavy (non-hydrogen) atoms. The van der Waals surface area contributed by atoms with Crippen molar-refractivity contribution in [2.45, 2.75) is 31.7 Å². The fraction of sp³-hybridized carbons (Fsp3) is 0.278. The standard InChI is InChI=1S/C18H15F3O3/c1-17(2)16(23)15(22)13-7-6-11(9-14(13)24-17)10-4-3-5-12(8-10)18(19,20)21/h3-9,16,23H,1-2H3. The number of hydrogen-bond donors (Lipinski definition) is 1. The zero-order valence-electron chi connectivity index (χ0n) is 13.0. The van der Waals surface area contributed by atoms with Crippen LogP contribution in [-0.2, 0) is 6.18 Å². The third-order valence-corrected chi connectivity index (χ3v) is 4.05. The first kappa shape index (κ1) is 16.5. The first-order valence-electron chi connectivity index (χ1n) is 7.32. The van der Waals surface area contributed by atoms with Gasteiger partial charge in [-0.3, -0.25) is 4.79 Å². The van der Waals surface area contributed by atoms with Crippen LogP contribution in [0.25, 0.3) is 11.1 Å². The first-order valence-corrected chi connectivity index (χ1v) is 7.32. The molecule has 0 radical (unpaired) electrons. The van der Waals surface area contributed by atoms with Gasteiger partial charge in [0, 0.05) is 0 Å². The van der Waals surface area contributed by atoms with E-state index in [1.807, 2.05) is 0 Å². The van der Waals surface area contributed by atoms with Crippen LogP contribution in [-0.4, -0.2) is 22.6 Å². The Kier molecular flexibility index (Phi) is 3.68. The van der Waals surface area contributed by atoms with E-state index in [2.05, 4.69) is 0 Å². The van der Waals surface area contributed by atoms with E-state index in [1.165, 1.54) is 18.2 Å². The molecule has 0 spiro atoms. The number of aliphatic hydroxyl groups excluding tert-OH is 1.